The van der Waals surface area contributed by atoms with Gasteiger partial charge in [0.15, 0.2) is 5.75 Å². The first-order valence-corrected chi connectivity index (χ1v) is 5.50. The summed E-state index contributed by atoms with van der Waals surface area (Å²) in [6.45, 7) is 4.30. The predicted molar refractivity (Wildman–Crippen MR) is 62.9 cm³/mol. The van der Waals surface area contributed by atoms with Crippen LogP contribution >= 0.6 is 0 Å². The van der Waals surface area contributed by atoms with Crippen molar-refractivity contribution in [2.75, 3.05) is 0 Å². The molecule has 0 fully saturated rings. The first-order valence-electron chi connectivity index (χ1n) is 5.50. The fourth-order valence-corrected chi connectivity index (χ4v) is 1.68. The fourth-order valence-electron chi connectivity index (χ4n) is 1.68. The zero-order valence-corrected chi connectivity index (χ0v) is 10.4. The zero-order valence-electron chi connectivity index (χ0n) is 10.4. The number of carboxylic acids is 1. The molecule has 0 radical (unpaired) electrons. The van der Waals surface area contributed by atoms with E-state index in [0.29, 0.717) is 11.4 Å². The van der Waals surface area contributed by atoms with E-state index in [-0.39, 0.29) is 11.4 Å². The van der Waals surface area contributed by atoms with Crippen LogP contribution in [0.25, 0.3) is 0 Å². The maximum Gasteiger partial charge on any atom is 0.343 e. The average molecular weight is 250 g/mol. The molecule has 7 heteroatoms. The Bertz CT molecular complexity index is 585. The predicted octanol–water partition coefficient (Wildman–Crippen LogP) is 1.44. The van der Waals surface area contributed by atoms with Crippen molar-refractivity contribution >= 4 is 5.97 Å². The first kappa shape index (κ1) is 12.2. The van der Waals surface area contributed by atoms with E-state index in [9.17, 15) is 4.79 Å². The van der Waals surface area contributed by atoms with Gasteiger partial charge in [0.25, 0.3) is 0 Å². The van der Waals surface area contributed by atoms with Crippen LogP contribution in [0.4, 0.5) is 0 Å². The summed E-state index contributed by atoms with van der Waals surface area (Å²) >= 11 is 0. The summed E-state index contributed by atoms with van der Waals surface area (Å²) in [7, 11) is 1.64. The molecule has 0 aromatic carbocycles. The van der Waals surface area contributed by atoms with E-state index in [1.165, 1.54) is 10.9 Å². The van der Waals surface area contributed by atoms with Gasteiger partial charge < -0.3 is 9.84 Å². The number of hydrogen-bond donors (Lipinski definition) is 1. The standard InChI is InChI=1S/C11H14N4O3/c1-4-15-6-8(5-12-15)18-10-9(11(16)17)7(2)13-14(10)3/h5-6H,4H2,1-3H3,(H,16,17). The molecule has 2 aromatic heterocycles. The Morgan fingerprint density at radius 1 is 1.56 bits per heavy atom. The van der Waals surface area contributed by atoms with Gasteiger partial charge in [-0.15, -0.1) is 0 Å². The number of rotatable bonds is 4. The van der Waals surface area contributed by atoms with Crippen molar-refractivity contribution in [2.24, 2.45) is 7.05 Å². The van der Waals surface area contributed by atoms with Gasteiger partial charge in [-0.2, -0.15) is 10.2 Å². The van der Waals surface area contributed by atoms with Crippen LogP contribution in [0.1, 0.15) is 23.0 Å². The summed E-state index contributed by atoms with van der Waals surface area (Å²) in [5, 5.41) is 17.2. The highest BCUT2D eigenvalue weighted by Crippen LogP contribution is 2.26. The largest absolute Gasteiger partial charge is 0.477 e. The van der Waals surface area contributed by atoms with E-state index in [1.54, 1.807) is 24.9 Å². The molecule has 0 amide bonds. The van der Waals surface area contributed by atoms with Gasteiger partial charge in [-0.1, -0.05) is 0 Å². The van der Waals surface area contributed by atoms with E-state index in [0.717, 1.165) is 6.54 Å². The van der Waals surface area contributed by atoms with E-state index >= 15 is 0 Å². The second-order valence-corrected chi connectivity index (χ2v) is 3.83. The van der Waals surface area contributed by atoms with Crippen LogP contribution in [0.2, 0.25) is 0 Å². The SMILES string of the molecule is CCn1cc(Oc2c(C(=O)O)c(C)nn2C)cn1. The molecule has 0 saturated heterocycles. The highest BCUT2D eigenvalue weighted by Gasteiger charge is 2.21. The minimum absolute atomic E-state index is 0.0711. The van der Waals surface area contributed by atoms with Gasteiger partial charge in [-0.05, 0) is 13.8 Å². The Morgan fingerprint density at radius 3 is 2.83 bits per heavy atom. The van der Waals surface area contributed by atoms with Crippen LogP contribution in [0, 0.1) is 6.92 Å². The fraction of sp³-hybridized carbons (Fsp3) is 0.364. The number of carboxylic acid groups (broad SMARTS) is 1. The summed E-state index contributed by atoms with van der Waals surface area (Å²) in [5.74, 6) is -0.364. The number of aromatic nitrogens is 4. The van der Waals surface area contributed by atoms with Crippen molar-refractivity contribution < 1.29 is 14.6 Å². The summed E-state index contributed by atoms with van der Waals surface area (Å²) in [4.78, 5) is 11.2. The summed E-state index contributed by atoms with van der Waals surface area (Å²) < 4.78 is 8.64. The number of ether oxygens (including phenoxy) is 1. The molecule has 0 saturated carbocycles. The number of hydrogen-bond acceptors (Lipinski definition) is 4. The van der Waals surface area contributed by atoms with Crippen LogP contribution in [-0.4, -0.2) is 30.6 Å². The molecule has 0 aliphatic carbocycles. The van der Waals surface area contributed by atoms with Crippen molar-refractivity contribution in [1.29, 1.82) is 0 Å². The maximum absolute atomic E-state index is 11.2. The van der Waals surface area contributed by atoms with Crippen molar-refractivity contribution in [3.63, 3.8) is 0 Å². The second kappa shape index (κ2) is 4.52. The number of aromatic carboxylic acids is 1. The van der Waals surface area contributed by atoms with E-state index < -0.39 is 5.97 Å². The minimum Gasteiger partial charge on any atom is -0.477 e. The second-order valence-electron chi connectivity index (χ2n) is 3.83. The van der Waals surface area contributed by atoms with E-state index in [1.807, 2.05) is 6.92 Å². The molecule has 0 spiro atoms. The lowest BCUT2D eigenvalue weighted by Gasteiger charge is -2.03. The van der Waals surface area contributed by atoms with Crippen LogP contribution in [-0.2, 0) is 13.6 Å². The van der Waals surface area contributed by atoms with Crippen LogP contribution < -0.4 is 4.74 Å². The molecular weight excluding hydrogens is 236 g/mol. The summed E-state index contributed by atoms with van der Waals surface area (Å²) in [6.07, 6.45) is 3.24. The topological polar surface area (TPSA) is 82.2 Å². The van der Waals surface area contributed by atoms with Crippen LogP contribution in [0.15, 0.2) is 12.4 Å². The lowest BCUT2D eigenvalue weighted by molar-refractivity contribution is 0.0693. The number of nitrogens with zero attached hydrogens (tertiary/aromatic N) is 4. The smallest absolute Gasteiger partial charge is 0.343 e. The molecule has 0 aliphatic heterocycles. The molecule has 18 heavy (non-hydrogen) atoms. The molecule has 2 aromatic rings. The molecule has 0 aliphatic rings. The first-order chi connectivity index (χ1) is 8.52. The average Bonchev–Trinajstić information content (AvgIpc) is 2.85. The van der Waals surface area contributed by atoms with Crippen molar-refractivity contribution in [1.82, 2.24) is 19.6 Å². The third-order valence-corrected chi connectivity index (χ3v) is 2.53. The third-order valence-electron chi connectivity index (χ3n) is 2.53. The highest BCUT2D eigenvalue weighted by molar-refractivity contribution is 5.91. The lowest BCUT2D eigenvalue weighted by atomic mass is 10.2. The zero-order chi connectivity index (χ0) is 13.3. The molecule has 0 atom stereocenters. The number of carbonyl (C=O) groups is 1. The van der Waals surface area contributed by atoms with Crippen molar-refractivity contribution in [3.05, 3.63) is 23.7 Å². The van der Waals surface area contributed by atoms with Gasteiger partial charge in [-0.25, -0.2) is 9.48 Å². The maximum atomic E-state index is 11.2. The Balaban J connectivity index is 2.36. The van der Waals surface area contributed by atoms with Gasteiger partial charge in [0.2, 0.25) is 5.88 Å². The van der Waals surface area contributed by atoms with Gasteiger partial charge in [0, 0.05) is 13.6 Å². The summed E-state index contributed by atoms with van der Waals surface area (Å²) in [6, 6.07) is 0. The Morgan fingerprint density at radius 2 is 2.28 bits per heavy atom. The number of aryl methyl sites for hydroxylation is 3. The Kier molecular flexibility index (Phi) is 3.05. The van der Waals surface area contributed by atoms with E-state index in [4.69, 9.17) is 9.84 Å². The minimum atomic E-state index is -1.06. The molecule has 1 N–H and O–H groups in total. The molecule has 7 nitrogen and oxygen atoms in total. The summed E-state index contributed by atoms with van der Waals surface area (Å²) in [5.41, 5.74) is 0.490. The third kappa shape index (κ3) is 2.06. The van der Waals surface area contributed by atoms with Gasteiger partial charge in [-0.3, -0.25) is 4.68 Å². The molecule has 2 heterocycles. The molecule has 2 rings (SSSR count). The Hall–Kier alpha value is -2.31. The van der Waals surface area contributed by atoms with Crippen molar-refractivity contribution in [2.45, 2.75) is 20.4 Å². The lowest BCUT2D eigenvalue weighted by Crippen LogP contribution is -2.01. The van der Waals surface area contributed by atoms with Gasteiger partial charge in [0.05, 0.1) is 18.1 Å². The monoisotopic (exact) mass is 250 g/mol. The quantitative estimate of drug-likeness (QED) is 0.887. The Labute approximate surface area is 104 Å². The van der Waals surface area contributed by atoms with Gasteiger partial charge in [0.1, 0.15) is 5.56 Å². The highest BCUT2D eigenvalue weighted by atomic mass is 16.5. The molecule has 0 bridgehead atoms. The van der Waals surface area contributed by atoms with E-state index in [2.05, 4.69) is 10.2 Å². The van der Waals surface area contributed by atoms with Crippen molar-refractivity contribution in [3.8, 4) is 11.6 Å². The van der Waals surface area contributed by atoms with Crippen LogP contribution in [0.3, 0.4) is 0 Å². The molecule has 0 unspecified atom stereocenters. The van der Waals surface area contributed by atoms with Crippen LogP contribution in [0.5, 0.6) is 11.6 Å². The molecular formula is C11H14N4O3. The normalized spacial score (nSPS) is 10.6. The molecule has 96 valence electrons. The van der Waals surface area contributed by atoms with Gasteiger partial charge >= 0.3 is 5.97 Å².